The minimum Gasteiger partial charge on any atom is -0.481 e. The summed E-state index contributed by atoms with van der Waals surface area (Å²) in [5.74, 6) is -0.756. The molecule has 1 heterocycles. The third-order valence-electron chi connectivity index (χ3n) is 3.50. The van der Waals surface area contributed by atoms with Crippen LogP contribution in [0.5, 0.6) is 0 Å². The molecule has 0 bridgehead atoms. The van der Waals surface area contributed by atoms with Gasteiger partial charge in [-0.15, -0.1) is 0 Å². The van der Waals surface area contributed by atoms with Crippen LogP contribution in [0, 0.1) is 0 Å². The van der Waals surface area contributed by atoms with Crippen molar-refractivity contribution >= 4 is 5.97 Å². The van der Waals surface area contributed by atoms with E-state index in [2.05, 4.69) is 9.55 Å². The summed E-state index contributed by atoms with van der Waals surface area (Å²) in [5, 5.41) is 8.63. The van der Waals surface area contributed by atoms with E-state index < -0.39 is 5.97 Å². The largest absolute Gasteiger partial charge is 0.481 e. The fourth-order valence-corrected chi connectivity index (χ4v) is 2.50. The van der Waals surface area contributed by atoms with Crippen molar-refractivity contribution in [2.75, 3.05) is 0 Å². The molecule has 0 spiro atoms. The Morgan fingerprint density at radius 3 is 2.71 bits per heavy atom. The van der Waals surface area contributed by atoms with Crippen molar-refractivity contribution in [2.45, 2.75) is 57.4 Å². The lowest BCUT2D eigenvalue weighted by Gasteiger charge is -2.15. The van der Waals surface area contributed by atoms with E-state index in [0.717, 1.165) is 5.69 Å². The van der Waals surface area contributed by atoms with E-state index in [1.165, 1.54) is 38.5 Å². The van der Waals surface area contributed by atoms with Crippen LogP contribution in [0.4, 0.5) is 0 Å². The molecular formula is C13H20N2O2. The van der Waals surface area contributed by atoms with E-state index >= 15 is 0 Å². The van der Waals surface area contributed by atoms with Crippen molar-refractivity contribution in [3.8, 4) is 0 Å². The summed E-state index contributed by atoms with van der Waals surface area (Å²) in [4.78, 5) is 14.8. The fraction of sp³-hybridized carbons (Fsp3) is 0.692. The number of aliphatic carboxylic acids is 1. The second-order valence-corrected chi connectivity index (χ2v) is 4.85. The summed E-state index contributed by atoms with van der Waals surface area (Å²) in [6, 6.07) is 0.573. The van der Waals surface area contributed by atoms with Gasteiger partial charge in [-0.3, -0.25) is 4.79 Å². The molecule has 0 unspecified atom stereocenters. The number of carbonyl (C=O) groups is 1. The van der Waals surface area contributed by atoms with Gasteiger partial charge in [-0.2, -0.15) is 0 Å². The number of aromatic nitrogens is 2. The molecule has 4 nitrogen and oxygen atoms in total. The van der Waals surface area contributed by atoms with Crippen LogP contribution in [0.2, 0.25) is 0 Å². The molecule has 1 aliphatic carbocycles. The van der Waals surface area contributed by atoms with Crippen molar-refractivity contribution in [1.29, 1.82) is 0 Å². The van der Waals surface area contributed by atoms with Gasteiger partial charge in [0.2, 0.25) is 0 Å². The first-order chi connectivity index (χ1) is 8.25. The first kappa shape index (κ1) is 12.1. The third kappa shape index (κ3) is 3.58. The average molecular weight is 236 g/mol. The molecule has 1 aromatic rings. The number of hydrogen-bond donors (Lipinski definition) is 1. The number of imidazole rings is 1. The maximum Gasteiger partial charge on any atom is 0.303 e. The van der Waals surface area contributed by atoms with Gasteiger partial charge in [0.1, 0.15) is 0 Å². The van der Waals surface area contributed by atoms with Gasteiger partial charge < -0.3 is 9.67 Å². The Morgan fingerprint density at radius 1 is 1.35 bits per heavy atom. The highest BCUT2D eigenvalue weighted by atomic mass is 16.4. The third-order valence-corrected chi connectivity index (χ3v) is 3.50. The lowest BCUT2D eigenvalue weighted by molar-refractivity contribution is -0.136. The van der Waals surface area contributed by atoms with Crippen LogP contribution in [0.1, 0.15) is 56.7 Å². The average Bonchev–Trinajstić information content (AvgIpc) is 2.60. The number of rotatable bonds is 4. The Bertz CT molecular complexity index is 365. The van der Waals surface area contributed by atoms with E-state index in [0.29, 0.717) is 12.5 Å². The quantitative estimate of drug-likeness (QED) is 0.818. The van der Waals surface area contributed by atoms with Crippen LogP contribution in [-0.2, 0) is 11.2 Å². The van der Waals surface area contributed by atoms with Crippen molar-refractivity contribution in [2.24, 2.45) is 0 Å². The molecule has 0 atom stereocenters. The highest BCUT2D eigenvalue weighted by Gasteiger charge is 2.14. The second-order valence-electron chi connectivity index (χ2n) is 4.85. The number of nitrogens with zero attached hydrogens (tertiary/aromatic N) is 2. The van der Waals surface area contributed by atoms with Crippen molar-refractivity contribution in [1.82, 2.24) is 9.55 Å². The lowest BCUT2D eigenvalue weighted by Crippen LogP contribution is -2.05. The Morgan fingerprint density at radius 2 is 2.06 bits per heavy atom. The minimum atomic E-state index is -0.756. The van der Waals surface area contributed by atoms with Crippen LogP contribution < -0.4 is 0 Å². The molecule has 0 saturated heterocycles. The molecule has 17 heavy (non-hydrogen) atoms. The van der Waals surface area contributed by atoms with Crippen LogP contribution in [-0.4, -0.2) is 20.6 Å². The van der Waals surface area contributed by atoms with Crippen LogP contribution in [0.3, 0.4) is 0 Å². The molecule has 1 N–H and O–H groups in total. The Balaban J connectivity index is 1.94. The number of carboxylic acids is 1. The van der Waals surface area contributed by atoms with E-state index in [-0.39, 0.29) is 6.42 Å². The summed E-state index contributed by atoms with van der Waals surface area (Å²) >= 11 is 0. The number of carboxylic acid groups (broad SMARTS) is 1. The molecule has 0 radical (unpaired) electrons. The molecular weight excluding hydrogens is 216 g/mol. The smallest absolute Gasteiger partial charge is 0.303 e. The van der Waals surface area contributed by atoms with E-state index in [4.69, 9.17) is 5.11 Å². The fourth-order valence-electron chi connectivity index (χ4n) is 2.50. The molecule has 94 valence electrons. The van der Waals surface area contributed by atoms with Crippen LogP contribution in [0.25, 0.3) is 0 Å². The normalized spacial score (nSPS) is 17.9. The zero-order valence-corrected chi connectivity index (χ0v) is 10.1. The predicted octanol–water partition coefficient (Wildman–Crippen LogP) is 2.80. The second kappa shape index (κ2) is 5.84. The van der Waals surface area contributed by atoms with E-state index in [9.17, 15) is 4.79 Å². The highest BCUT2D eigenvalue weighted by molar-refractivity contribution is 5.66. The van der Waals surface area contributed by atoms with E-state index in [1.807, 2.05) is 12.5 Å². The molecule has 1 aromatic heterocycles. The summed E-state index contributed by atoms with van der Waals surface area (Å²) in [6.07, 6.45) is 12.3. The molecule has 4 heteroatoms. The predicted molar refractivity (Wildman–Crippen MR) is 64.9 cm³/mol. The number of hydrogen-bond acceptors (Lipinski definition) is 2. The Kier molecular flexibility index (Phi) is 4.18. The maximum atomic E-state index is 10.5. The highest BCUT2D eigenvalue weighted by Crippen LogP contribution is 2.27. The van der Waals surface area contributed by atoms with Gasteiger partial charge in [-0.1, -0.05) is 25.7 Å². The topological polar surface area (TPSA) is 55.1 Å². The van der Waals surface area contributed by atoms with Gasteiger partial charge in [0.15, 0.2) is 0 Å². The zero-order valence-electron chi connectivity index (χ0n) is 10.1. The molecule has 0 amide bonds. The monoisotopic (exact) mass is 236 g/mol. The molecule has 1 saturated carbocycles. The first-order valence-corrected chi connectivity index (χ1v) is 6.50. The van der Waals surface area contributed by atoms with Crippen LogP contribution >= 0.6 is 0 Å². The summed E-state index contributed by atoms with van der Waals surface area (Å²) in [7, 11) is 0. The van der Waals surface area contributed by atoms with Crippen molar-refractivity contribution < 1.29 is 9.90 Å². The van der Waals surface area contributed by atoms with Crippen LogP contribution in [0.15, 0.2) is 12.5 Å². The Hall–Kier alpha value is -1.32. The summed E-state index contributed by atoms with van der Waals surface area (Å²) in [6.45, 7) is 0. The van der Waals surface area contributed by atoms with Gasteiger partial charge in [-0.25, -0.2) is 4.98 Å². The van der Waals surface area contributed by atoms with Crippen molar-refractivity contribution in [3.05, 3.63) is 18.2 Å². The van der Waals surface area contributed by atoms with Gasteiger partial charge in [0.05, 0.1) is 18.4 Å². The van der Waals surface area contributed by atoms with E-state index in [1.54, 1.807) is 0 Å². The zero-order chi connectivity index (χ0) is 12.1. The lowest BCUT2D eigenvalue weighted by atomic mass is 10.1. The van der Waals surface area contributed by atoms with Gasteiger partial charge in [0.25, 0.3) is 0 Å². The molecule has 1 aliphatic rings. The number of aryl methyl sites for hydroxylation is 1. The molecule has 2 rings (SSSR count). The maximum absolute atomic E-state index is 10.5. The van der Waals surface area contributed by atoms with Gasteiger partial charge >= 0.3 is 5.97 Å². The SMILES string of the molecule is O=C(O)CCc1cn(C2CCCCCC2)cn1. The molecule has 0 aromatic carbocycles. The van der Waals surface area contributed by atoms with Gasteiger partial charge in [-0.05, 0) is 12.8 Å². The van der Waals surface area contributed by atoms with Gasteiger partial charge in [0, 0.05) is 18.7 Å². The van der Waals surface area contributed by atoms with Crippen molar-refractivity contribution in [3.63, 3.8) is 0 Å². The molecule has 0 aliphatic heterocycles. The first-order valence-electron chi connectivity index (χ1n) is 6.50. The minimum absolute atomic E-state index is 0.168. The Labute approximate surface area is 102 Å². The standard InChI is InChI=1S/C13H20N2O2/c16-13(17)8-7-11-9-15(10-14-11)12-5-3-1-2-4-6-12/h9-10,12H,1-8H2,(H,16,17). The summed E-state index contributed by atoms with van der Waals surface area (Å²) < 4.78 is 2.18. The molecule has 1 fully saturated rings. The summed E-state index contributed by atoms with van der Waals surface area (Å²) in [5.41, 5.74) is 0.900.